The van der Waals surface area contributed by atoms with Crippen molar-refractivity contribution in [1.29, 1.82) is 0 Å². The Morgan fingerprint density at radius 2 is 2.23 bits per heavy atom. The molecule has 116 valence electrons. The Labute approximate surface area is 129 Å². The van der Waals surface area contributed by atoms with Gasteiger partial charge in [0.25, 0.3) is 5.70 Å². The van der Waals surface area contributed by atoms with E-state index in [1.807, 2.05) is 0 Å². The van der Waals surface area contributed by atoms with Gasteiger partial charge in [-0.3, -0.25) is 15.1 Å². The summed E-state index contributed by atoms with van der Waals surface area (Å²) in [6.07, 6.45) is 2.17. The minimum atomic E-state index is -2.99. The molecule has 3 rings (SSSR count). The number of halogens is 3. The molecule has 2 aliphatic rings. The lowest BCUT2D eigenvalue weighted by Crippen LogP contribution is -2.26. The van der Waals surface area contributed by atoms with E-state index >= 15 is 0 Å². The van der Waals surface area contributed by atoms with Gasteiger partial charge in [0.05, 0.1) is 28.2 Å². The van der Waals surface area contributed by atoms with Crippen LogP contribution in [0.2, 0.25) is 5.02 Å². The van der Waals surface area contributed by atoms with Gasteiger partial charge in [-0.2, -0.15) is 8.78 Å². The number of aromatic nitrogens is 1. The van der Waals surface area contributed by atoms with Gasteiger partial charge >= 0.3 is 6.61 Å². The summed E-state index contributed by atoms with van der Waals surface area (Å²) in [5.74, 6) is -1.41. The third-order valence-corrected chi connectivity index (χ3v) is 4.21. The van der Waals surface area contributed by atoms with Crippen LogP contribution in [0.25, 0.3) is 5.57 Å². The molecule has 0 radical (unpaired) electrons. The highest BCUT2D eigenvalue weighted by Gasteiger charge is 2.55. The molecule has 0 aromatic carbocycles. The number of alkyl halides is 2. The largest absolute Gasteiger partial charge is 0.345 e. The Hall–Kier alpha value is -1.86. The van der Waals surface area contributed by atoms with E-state index in [0.29, 0.717) is 21.9 Å². The van der Waals surface area contributed by atoms with Crippen LogP contribution in [0.15, 0.2) is 35.7 Å². The van der Waals surface area contributed by atoms with Crippen LogP contribution in [0.5, 0.6) is 0 Å². The van der Waals surface area contributed by atoms with E-state index in [2.05, 4.69) is 9.72 Å². The lowest BCUT2D eigenvalue weighted by Gasteiger charge is -2.17. The smallest absolute Gasteiger partial charge is 0.317 e. The van der Waals surface area contributed by atoms with Gasteiger partial charge < -0.3 is 4.74 Å². The van der Waals surface area contributed by atoms with Crippen molar-refractivity contribution in [3.05, 3.63) is 56.5 Å². The first kappa shape index (κ1) is 15.1. The number of nitro groups is 1. The average molecular weight is 329 g/mol. The van der Waals surface area contributed by atoms with E-state index in [-0.39, 0.29) is 5.70 Å². The maximum atomic E-state index is 12.6. The van der Waals surface area contributed by atoms with E-state index in [1.165, 1.54) is 12.3 Å². The second-order valence-electron chi connectivity index (χ2n) is 5.19. The van der Waals surface area contributed by atoms with Crippen molar-refractivity contribution in [3.63, 3.8) is 0 Å². The van der Waals surface area contributed by atoms with Crippen LogP contribution in [-0.4, -0.2) is 22.6 Å². The second-order valence-corrected chi connectivity index (χ2v) is 5.63. The first-order chi connectivity index (χ1) is 10.4. The van der Waals surface area contributed by atoms with Gasteiger partial charge in [0, 0.05) is 17.1 Å². The molecular formula is C14H11ClF2N2O3. The van der Waals surface area contributed by atoms with Gasteiger partial charge in [0.15, 0.2) is 0 Å². The maximum absolute atomic E-state index is 12.6. The number of fused-ring (bicyclic) bond motifs is 2. The zero-order valence-electron chi connectivity index (χ0n) is 11.4. The van der Waals surface area contributed by atoms with Crippen LogP contribution < -0.4 is 0 Å². The third kappa shape index (κ3) is 2.30. The highest BCUT2D eigenvalue weighted by atomic mass is 35.5. The molecule has 1 aromatic heterocycles. The van der Waals surface area contributed by atoms with Crippen LogP contribution in [0, 0.1) is 22.0 Å². The molecule has 3 atom stereocenters. The first-order valence-electron chi connectivity index (χ1n) is 6.52. The lowest BCUT2D eigenvalue weighted by atomic mass is 9.95. The number of rotatable bonds is 4. The minimum Gasteiger partial charge on any atom is -0.317 e. The summed E-state index contributed by atoms with van der Waals surface area (Å²) in [6.45, 7) is -1.31. The van der Waals surface area contributed by atoms with Crippen molar-refractivity contribution < 1.29 is 18.4 Å². The summed E-state index contributed by atoms with van der Waals surface area (Å²) < 4.78 is 29.9. The fourth-order valence-electron chi connectivity index (χ4n) is 3.25. The van der Waals surface area contributed by atoms with E-state index in [9.17, 15) is 18.9 Å². The van der Waals surface area contributed by atoms with Crippen LogP contribution in [0.1, 0.15) is 12.6 Å². The highest BCUT2D eigenvalue weighted by molar-refractivity contribution is 6.30. The average Bonchev–Trinajstić information content (AvgIpc) is 2.88. The van der Waals surface area contributed by atoms with Crippen molar-refractivity contribution in [1.82, 2.24) is 4.98 Å². The molecule has 0 aliphatic heterocycles. The Bertz CT molecular complexity index is 705. The van der Waals surface area contributed by atoms with Crippen LogP contribution in [0.3, 0.4) is 0 Å². The fourth-order valence-corrected chi connectivity index (χ4v) is 3.41. The Balaban J connectivity index is 2.10. The van der Waals surface area contributed by atoms with Crippen molar-refractivity contribution >= 4 is 17.2 Å². The molecule has 0 saturated heterocycles. The molecule has 5 nitrogen and oxygen atoms in total. The van der Waals surface area contributed by atoms with Gasteiger partial charge in [0.2, 0.25) is 0 Å². The molecule has 1 heterocycles. The van der Waals surface area contributed by atoms with Crippen molar-refractivity contribution in [2.45, 2.75) is 19.6 Å². The molecule has 2 aliphatic carbocycles. The van der Waals surface area contributed by atoms with E-state index < -0.39 is 29.5 Å². The predicted octanol–water partition coefficient (Wildman–Crippen LogP) is 3.54. The minimum absolute atomic E-state index is 0.134. The normalized spacial score (nSPS) is 26.8. The SMILES string of the molecule is CC1=C[C@H]2C(c3cc(Cl)ccn3)=C([N+](=O)[O-])[C@@H]1C2OC(F)F. The van der Waals surface area contributed by atoms with Gasteiger partial charge in [-0.15, -0.1) is 0 Å². The Morgan fingerprint density at radius 3 is 2.82 bits per heavy atom. The summed E-state index contributed by atoms with van der Waals surface area (Å²) in [5, 5.41) is 11.8. The van der Waals surface area contributed by atoms with Gasteiger partial charge in [0.1, 0.15) is 0 Å². The number of nitrogens with zero attached hydrogens (tertiary/aromatic N) is 2. The Morgan fingerprint density at radius 1 is 1.50 bits per heavy atom. The topological polar surface area (TPSA) is 65.3 Å². The monoisotopic (exact) mass is 328 g/mol. The van der Waals surface area contributed by atoms with E-state index in [4.69, 9.17) is 11.6 Å². The molecule has 0 N–H and O–H groups in total. The number of hydrogen-bond donors (Lipinski definition) is 0. The summed E-state index contributed by atoms with van der Waals surface area (Å²) in [7, 11) is 0. The zero-order valence-corrected chi connectivity index (χ0v) is 12.1. The molecular weight excluding hydrogens is 318 g/mol. The molecule has 1 aromatic rings. The highest BCUT2D eigenvalue weighted by Crippen LogP contribution is 2.53. The first-order valence-corrected chi connectivity index (χ1v) is 6.90. The lowest BCUT2D eigenvalue weighted by molar-refractivity contribution is -0.432. The number of hydrogen-bond acceptors (Lipinski definition) is 4. The Kier molecular flexibility index (Phi) is 3.70. The quantitative estimate of drug-likeness (QED) is 0.482. The van der Waals surface area contributed by atoms with E-state index in [1.54, 1.807) is 19.1 Å². The molecule has 8 heteroatoms. The van der Waals surface area contributed by atoms with Crippen LogP contribution in [-0.2, 0) is 4.74 Å². The summed E-state index contributed by atoms with van der Waals surface area (Å²) >= 11 is 5.90. The van der Waals surface area contributed by atoms with Crippen LogP contribution in [0.4, 0.5) is 8.78 Å². The summed E-state index contributed by atoms with van der Waals surface area (Å²) in [4.78, 5) is 15.0. The van der Waals surface area contributed by atoms with Crippen LogP contribution >= 0.6 is 11.6 Å². The van der Waals surface area contributed by atoms with Gasteiger partial charge in [-0.25, -0.2) is 0 Å². The van der Waals surface area contributed by atoms with Crippen molar-refractivity contribution in [3.8, 4) is 0 Å². The molecule has 0 fully saturated rings. The molecule has 1 unspecified atom stereocenters. The van der Waals surface area contributed by atoms with Crippen molar-refractivity contribution in [2.75, 3.05) is 0 Å². The van der Waals surface area contributed by atoms with E-state index in [0.717, 1.165) is 0 Å². The molecule has 0 spiro atoms. The number of pyridine rings is 1. The van der Waals surface area contributed by atoms with Crippen molar-refractivity contribution in [2.24, 2.45) is 11.8 Å². The second kappa shape index (κ2) is 5.40. The predicted molar refractivity (Wildman–Crippen MR) is 74.8 cm³/mol. The molecule has 0 amide bonds. The molecule has 22 heavy (non-hydrogen) atoms. The summed E-state index contributed by atoms with van der Waals surface area (Å²) in [5.41, 5.74) is 1.14. The summed E-state index contributed by atoms with van der Waals surface area (Å²) in [6, 6.07) is 3.03. The standard InChI is InChI=1S/C14H11ClF2N2O3/c1-6-4-8-11(9-5-7(15)2-3-18-9)12(19(20)21)10(6)13(8)22-14(16)17/h2-5,8,10,13-14H,1H3/t8-,10+,13?/m0/s1. The molecule has 0 saturated carbocycles. The maximum Gasteiger partial charge on any atom is 0.345 e. The zero-order chi connectivity index (χ0) is 16.0. The molecule has 2 bridgehead atoms. The van der Waals surface area contributed by atoms with Gasteiger partial charge in [-0.05, 0) is 19.1 Å². The third-order valence-electron chi connectivity index (χ3n) is 3.97. The van der Waals surface area contributed by atoms with Gasteiger partial charge in [-0.1, -0.05) is 23.3 Å². The fraction of sp³-hybridized carbons (Fsp3) is 0.357. The number of ether oxygens (including phenoxy) is 1.